The van der Waals surface area contributed by atoms with Gasteiger partial charge in [0.1, 0.15) is 0 Å². The summed E-state index contributed by atoms with van der Waals surface area (Å²) in [4.78, 5) is 15.5. The highest BCUT2D eigenvalue weighted by Gasteiger charge is 2.17. The van der Waals surface area contributed by atoms with E-state index in [1.165, 1.54) is 0 Å². The van der Waals surface area contributed by atoms with Gasteiger partial charge in [0.05, 0.1) is 5.71 Å². The van der Waals surface area contributed by atoms with Crippen molar-refractivity contribution >= 4 is 11.7 Å². The highest BCUT2D eigenvalue weighted by Crippen LogP contribution is 2.05. The smallest absolute Gasteiger partial charge is 0.347 e. The number of unbranched alkanes of at least 4 members (excludes halogenated alkanes) is 1. The standard InChI is InChI=1S/C9H17NO3/c1-4-5-6-8(9(11)12)13-10-7(2)3/h8H,4-6H2,1-3H3,(H,11,12)/t8-/m1/s1. The van der Waals surface area contributed by atoms with Crippen LogP contribution in [-0.4, -0.2) is 22.9 Å². The third-order valence-corrected chi connectivity index (χ3v) is 1.46. The van der Waals surface area contributed by atoms with Gasteiger partial charge in [-0.15, -0.1) is 0 Å². The fraction of sp³-hybridized carbons (Fsp3) is 0.778. The van der Waals surface area contributed by atoms with Crippen molar-refractivity contribution in [3.05, 3.63) is 0 Å². The van der Waals surface area contributed by atoms with Crippen molar-refractivity contribution in [1.29, 1.82) is 0 Å². The van der Waals surface area contributed by atoms with Gasteiger partial charge in [-0.2, -0.15) is 0 Å². The molecule has 0 radical (unpaired) electrons. The molecule has 0 aliphatic heterocycles. The van der Waals surface area contributed by atoms with Crippen molar-refractivity contribution < 1.29 is 14.7 Å². The van der Waals surface area contributed by atoms with Crippen molar-refractivity contribution in [1.82, 2.24) is 0 Å². The zero-order chi connectivity index (χ0) is 10.3. The minimum Gasteiger partial charge on any atom is -0.478 e. The highest BCUT2D eigenvalue weighted by atomic mass is 16.6. The third kappa shape index (κ3) is 6.13. The Hall–Kier alpha value is -1.06. The summed E-state index contributed by atoms with van der Waals surface area (Å²) in [6, 6.07) is 0. The minimum atomic E-state index is -0.946. The van der Waals surface area contributed by atoms with Crippen LogP contribution in [0.25, 0.3) is 0 Å². The van der Waals surface area contributed by atoms with Crippen molar-refractivity contribution in [2.45, 2.75) is 46.1 Å². The molecule has 0 saturated heterocycles. The molecule has 0 rings (SSSR count). The summed E-state index contributed by atoms with van der Waals surface area (Å²) in [5.41, 5.74) is 0.725. The Morgan fingerprint density at radius 3 is 2.54 bits per heavy atom. The highest BCUT2D eigenvalue weighted by molar-refractivity contribution is 5.78. The zero-order valence-electron chi connectivity index (χ0n) is 8.41. The maximum absolute atomic E-state index is 10.6. The second-order valence-corrected chi connectivity index (χ2v) is 3.11. The summed E-state index contributed by atoms with van der Waals surface area (Å²) in [6.07, 6.45) is 1.52. The SMILES string of the molecule is CCCC[C@@H](ON=C(C)C)C(=O)O. The molecule has 0 aliphatic rings. The molecular formula is C9H17NO3. The first kappa shape index (κ1) is 11.9. The van der Waals surface area contributed by atoms with Gasteiger partial charge in [0.25, 0.3) is 0 Å². The van der Waals surface area contributed by atoms with E-state index in [0.29, 0.717) is 6.42 Å². The van der Waals surface area contributed by atoms with Gasteiger partial charge in [0, 0.05) is 0 Å². The van der Waals surface area contributed by atoms with E-state index in [0.717, 1.165) is 18.6 Å². The molecule has 0 amide bonds. The van der Waals surface area contributed by atoms with Gasteiger partial charge in [-0.05, 0) is 26.7 Å². The number of aliphatic carboxylic acids is 1. The minimum absolute atomic E-state index is 0.516. The van der Waals surface area contributed by atoms with Gasteiger partial charge in [-0.1, -0.05) is 18.5 Å². The Kier molecular flexibility index (Phi) is 5.93. The fourth-order valence-electron chi connectivity index (χ4n) is 0.780. The van der Waals surface area contributed by atoms with Crippen molar-refractivity contribution in [3.63, 3.8) is 0 Å². The van der Waals surface area contributed by atoms with Crippen LogP contribution in [0.4, 0.5) is 0 Å². The number of carboxylic acids is 1. The molecule has 0 aliphatic carbocycles. The monoisotopic (exact) mass is 187 g/mol. The van der Waals surface area contributed by atoms with Crippen LogP contribution in [0.5, 0.6) is 0 Å². The topological polar surface area (TPSA) is 58.9 Å². The molecule has 0 unspecified atom stereocenters. The van der Waals surface area contributed by atoms with Crippen molar-refractivity contribution in [2.75, 3.05) is 0 Å². The lowest BCUT2D eigenvalue weighted by Crippen LogP contribution is -2.22. The number of rotatable bonds is 6. The van der Waals surface area contributed by atoms with Crippen molar-refractivity contribution in [2.24, 2.45) is 5.16 Å². The molecule has 0 aromatic carbocycles. The Bertz CT molecular complexity index is 185. The fourth-order valence-corrected chi connectivity index (χ4v) is 0.780. The lowest BCUT2D eigenvalue weighted by molar-refractivity contribution is -0.150. The predicted octanol–water partition coefficient (Wildman–Crippen LogP) is 2.04. The van der Waals surface area contributed by atoms with Crippen LogP contribution >= 0.6 is 0 Å². The average molecular weight is 187 g/mol. The van der Waals surface area contributed by atoms with Gasteiger partial charge < -0.3 is 9.94 Å². The van der Waals surface area contributed by atoms with Crippen molar-refractivity contribution in [3.8, 4) is 0 Å². The van der Waals surface area contributed by atoms with E-state index in [-0.39, 0.29) is 0 Å². The lowest BCUT2D eigenvalue weighted by Gasteiger charge is -2.09. The van der Waals surface area contributed by atoms with Crippen LogP contribution in [0.1, 0.15) is 40.0 Å². The van der Waals surface area contributed by atoms with E-state index < -0.39 is 12.1 Å². The first-order valence-electron chi connectivity index (χ1n) is 4.47. The van der Waals surface area contributed by atoms with Gasteiger partial charge in [0.2, 0.25) is 6.10 Å². The van der Waals surface area contributed by atoms with Crippen LogP contribution < -0.4 is 0 Å². The van der Waals surface area contributed by atoms with Crippen LogP contribution in [-0.2, 0) is 9.63 Å². The number of oxime groups is 1. The first-order valence-corrected chi connectivity index (χ1v) is 4.47. The van der Waals surface area contributed by atoms with Crippen LogP contribution in [0, 0.1) is 0 Å². The predicted molar refractivity (Wildman–Crippen MR) is 50.8 cm³/mol. The Balaban J connectivity index is 3.95. The second-order valence-electron chi connectivity index (χ2n) is 3.11. The van der Waals surface area contributed by atoms with E-state index in [1.807, 2.05) is 6.92 Å². The average Bonchev–Trinajstić information content (AvgIpc) is 2.03. The molecule has 1 atom stereocenters. The molecule has 0 fully saturated rings. The summed E-state index contributed by atoms with van der Waals surface area (Å²) in [6.45, 7) is 5.53. The molecule has 0 heterocycles. The summed E-state index contributed by atoms with van der Waals surface area (Å²) in [7, 11) is 0. The van der Waals surface area contributed by atoms with E-state index in [2.05, 4.69) is 5.16 Å². The van der Waals surface area contributed by atoms with E-state index in [9.17, 15) is 4.79 Å². The summed E-state index contributed by atoms with van der Waals surface area (Å²) >= 11 is 0. The van der Waals surface area contributed by atoms with E-state index in [1.54, 1.807) is 13.8 Å². The molecule has 13 heavy (non-hydrogen) atoms. The van der Waals surface area contributed by atoms with Crippen LogP contribution in [0.2, 0.25) is 0 Å². The lowest BCUT2D eigenvalue weighted by atomic mass is 10.2. The maximum Gasteiger partial charge on any atom is 0.347 e. The largest absolute Gasteiger partial charge is 0.478 e. The van der Waals surface area contributed by atoms with Crippen LogP contribution in [0.3, 0.4) is 0 Å². The number of carboxylic acid groups (broad SMARTS) is 1. The Morgan fingerprint density at radius 1 is 1.54 bits per heavy atom. The molecule has 0 saturated carbocycles. The van der Waals surface area contributed by atoms with Gasteiger partial charge in [-0.25, -0.2) is 4.79 Å². The second kappa shape index (κ2) is 6.46. The molecule has 1 N–H and O–H groups in total. The number of hydrogen-bond donors (Lipinski definition) is 1. The number of nitrogens with zero attached hydrogens (tertiary/aromatic N) is 1. The van der Waals surface area contributed by atoms with E-state index in [4.69, 9.17) is 9.94 Å². The van der Waals surface area contributed by atoms with E-state index >= 15 is 0 Å². The maximum atomic E-state index is 10.6. The Labute approximate surface area is 78.6 Å². The molecule has 4 heteroatoms. The normalized spacial score (nSPS) is 11.9. The van der Waals surface area contributed by atoms with Crippen LogP contribution in [0.15, 0.2) is 5.16 Å². The number of carbonyl (C=O) groups is 1. The van der Waals surface area contributed by atoms with Gasteiger partial charge in [0.15, 0.2) is 0 Å². The first-order chi connectivity index (χ1) is 6.07. The molecule has 76 valence electrons. The van der Waals surface area contributed by atoms with Gasteiger partial charge in [-0.3, -0.25) is 0 Å². The summed E-state index contributed by atoms with van der Waals surface area (Å²) in [5, 5.41) is 12.4. The molecular weight excluding hydrogens is 170 g/mol. The molecule has 0 aromatic heterocycles. The number of hydrogen-bond acceptors (Lipinski definition) is 3. The molecule has 4 nitrogen and oxygen atoms in total. The molecule has 0 bridgehead atoms. The quantitative estimate of drug-likeness (QED) is 0.511. The summed E-state index contributed by atoms with van der Waals surface area (Å²) < 4.78 is 0. The molecule has 0 aromatic rings. The van der Waals surface area contributed by atoms with Gasteiger partial charge >= 0.3 is 5.97 Å². The summed E-state index contributed by atoms with van der Waals surface area (Å²) in [5.74, 6) is -0.946. The Morgan fingerprint density at radius 2 is 2.15 bits per heavy atom. The third-order valence-electron chi connectivity index (χ3n) is 1.46. The zero-order valence-corrected chi connectivity index (χ0v) is 8.41. The molecule has 0 spiro atoms.